The third-order valence-corrected chi connectivity index (χ3v) is 9.79. The van der Waals surface area contributed by atoms with Crippen molar-refractivity contribution in [2.75, 3.05) is 26.8 Å². The number of thiophene rings is 1. The standard InChI is InChI=1S/C22H25N3O6S3/c1-3-31-16-8-9-17-18(12-16)33-22(25(17)14-19(26)30-2)23-21(27)15-6-4-10-24(13-15)34(28,29)20-7-5-11-32-20/h5,7-9,11-12,15H,3-4,6,10,13-14H2,1-2H3. The number of amides is 1. The van der Waals surface area contributed by atoms with E-state index >= 15 is 0 Å². The lowest BCUT2D eigenvalue weighted by Crippen LogP contribution is -2.42. The summed E-state index contributed by atoms with van der Waals surface area (Å²) >= 11 is 2.43. The minimum atomic E-state index is -3.64. The molecule has 1 fully saturated rings. The molecule has 1 saturated heterocycles. The Hall–Kier alpha value is -2.54. The van der Waals surface area contributed by atoms with E-state index < -0.39 is 27.8 Å². The maximum Gasteiger partial charge on any atom is 0.325 e. The van der Waals surface area contributed by atoms with E-state index in [-0.39, 0.29) is 17.3 Å². The molecule has 0 radical (unpaired) electrons. The monoisotopic (exact) mass is 523 g/mol. The minimum absolute atomic E-state index is 0.0823. The van der Waals surface area contributed by atoms with Crippen LogP contribution >= 0.6 is 22.7 Å². The number of thiazole rings is 1. The molecule has 1 unspecified atom stereocenters. The van der Waals surface area contributed by atoms with Crippen molar-refractivity contribution in [3.63, 3.8) is 0 Å². The highest BCUT2D eigenvalue weighted by molar-refractivity contribution is 7.91. The molecule has 0 N–H and O–H groups in total. The molecule has 3 aromatic rings. The Morgan fingerprint density at radius 2 is 2.09 bits per heavy atom. The number of piperidine rings is 1. The van der Waals surface area contributed by atoms with Gasteiger partial charge in [-0.2, -0.15) is 9.30 Å². The van der Waals surface area contributed by atoms with Gasteiger partial charge in [-0.25, -0.2) is 8.42 Å². The summed E-state index contributed by atoms with van der Waals surface area (Å²) < 4.78 is 40.3. The Balaban J connectivity index is 1.66. The Bertz CT molecular complexity index is 1360. The van der Waals surface area contributed by atoms with Gasteiger partial charge in [0.25, 0.3) is 15.9 Å². The van der Waals surface area contributed by atoms with Crippen LogP contribution in [-0.4, -0.2) is 56.0 Å². The average molecular weight is 524 g/mol. The van der Waals surface area contributed by atoms with Gasteiger partial charge in [0.15, 0.2) is 4.80 Å². The molecular weight excluding hydrogens is 498 g/mol. The van der Waals surface area contributed by atoms with Gasteiger partial charge in [-0.15, -0.1) is 11.3 Å². The third-order valence-electron chi connectivity index (χ3n) is 5.51. The predicted octanol–water partition coefficient (Wildman–Crippen LogP) is 2.86. The summed E-state index contributed by atoms with van der Waals surface area (Å²) in [6.07, 6.45) is 1.12. The number of benzene rings is 1. The zero-order valence-electron chi connectivity index (χ0n) is 18.8. The van der Waals surface area contributed by atoms with Gasteiger partial charge in [-0.05, 0) is 49.4 Å². The van der Waals surface area contributed by atoms with Crippen molar-refractivity contribution in [1.29, 1.82) is 0 Å². The first-order valence-electron chi connectivity index (χ1n) is 10.8. The van der Waals surface area contributed by atoms with Gasteiger partial charge in [-0.1, -0.05) is 17.4 Å². The fraction of sp³-hybridized carbons (Fsp3) is 0.409. The number of hydrogen-bond acceptors (Lipinski definition) is 8. The van der Waals surface area contributed by atoms with E-state index in [4.69, 9.17) is 9.47 Å². The van der Waals surface area contributed by atoms with Crippen LogP contribution in [0.1, 0.15) is 19.8 Å². The first-order valence-corrected chi connectivity index (χ1v) is 13.9. The lowest BCUT2D eigenvalue weighted by molar-refractivity contribution is -0.141. The van der Waals surface area contributed by atoms with Crippen LogP contribution in [0.3, 0.4) is 0 Å². The lowest BCUT2D eigenvalue weighted by atomic mass is 9.99. The third kappa shape index (κ3) is 5.09. The largest absolute Gasteiger partial charge is 0.494 e. The van der Waals surface area contributed by atoms with Crippen LogP contribution < -0.4 is 9.54 Å². The van der Waals surface area contributed by atoms with E-state index in [0.29, 0.717) is 36.5 Å². The number of fused-ring (bicyclic) bond motifs is 1. The summed E-state index contributed by atoms with van der Waals surface area (Å²) in [5.41, 5.74) is 0.732. The number of hydrogen-bond donors (Lipinski definition) is 0. The van der Waals surface area contributed by atoms with Crippen molar-refractivity contribution >= 4 is 54.8 Å². The van der Waals surface area contributed by atoms with E-state index in [0.717, 1.165) is 21.6 Å². The Morgan fingerprint density at radius 3 is 2.79 bits per heavy atom. The molecule has 1 aliphatic rings. The van der Waals surface area contributed by atoms with Crippen LogP contribution in [-0.2, 0) is 30.9 Å². The van der Waals surface area contributed by atoms with Crippen molar-refractivity contribution in [2.45, 2.75) is 30.5 Å². The fourth-order valence-corrected chi connectivity index (χ4v) is 7.56. The summed E-state index contributed by atoms with van der Waals surface area (Å²) in [6.45, 7) is 2.76. The molecule has 1 amide bonds. The molecule has 0 spiro atoms. The highest BCUT2D eigenvalue weighted by atomic mass is 32.2. The molecule has 182 valence electrons. The van der Waals surface area contributed by atoms with Crippen LogP contribution in [0.2, 0.25) is 0 Å². The van der Waals surface area contributed by atoms with Gasteiger partial charge in [0.1, 0.15) is 16.5 Å². The fourth-order valence-electron chi connectivity index (χ4n) is 3.83. The number of nitrogens with zero attached hydrogens (tertiary/aromatic N) is 3. The first kappa shape index (κ1) is 24.6. The van der Waals surface area contributed by atoms with Crippen molar-refractivity contribution in [3.8, 4) is 5.75 Å². The lowest BCUT2D eigenvalue weighted by Gasteiger charge is -2.29. The van der Waals surface area contributed by atoms with Crippen molar-refractivity contribution < 1.29 is 27.5 Å². The van der Waals surface area contributed by atoms with Gasteiger partial charge in [0.2, 0.25) is 0 Å². The van der Waals surface area contributed by atoms with Crippen LogP contribution in [0.5, 0.6) is 5.75 Å². The smallest absolute Gasteiger partial charge is 0.325 e. The molecule has 0 bridgehead atoms. The van der Waals surface area contributed by atoms with Crippen LogP contribution in [0.15, 0.2) is 44.9 Å². The predicted molar refractivity (Wildman–Crippen MR) is 129 cm³/mol. The minimum Gasteiger partial charge on any atom is -0.494 e. The number of aromatic nitrogens is 1. The second-order valence-corrected chi connectivity index (χ2v) is 11.8. The van der Waals surface area contributed by atoms with Crippen molar-refractivity contribution in [2.24, 2.45) is 10.9 Å². The first-order chi connectivity index (χ1) is 16.3. The van der Waals surface area contributed by atoms with Crippen molar-refractivity contribution in [1.82, 2.24) is 8.87 Å². The van der Waals surface area contributed by atoms with Gasteiger partial charge in [0.05, 0.1) is 29.9 Å². The molecule has 0 aliphatic carbocycles. The molecule has 9 nitrogen and oxygen atoms in total. The number of carbonyl (C=O) groups excluding carboxylic acids is 2. The Kier molecular flexibility index (Phi) is 7.51. The number of carbonyl (C=O) groups is 2. The molecule has 2 aromatic heterocycles. The Labute approximate surface area is 205 Å². The van der Waals surface area contributed by atoms with Gasteiger partial charge < -0.3 is 14.0 Å². The number of rotatable bonds is 7. The highest BCUT2D eigenvalue weighted by Crippen LogP contribution is 2.27. The van der Waals surface area contributed by atoms with Gasteiger partial charge in [0, 0.05) is 13.1 Å². The van der Waals surface area contributed by atoms with E-state index in [9.17, 15) is 18.0 Å². The van der Waals surface area contributed by atoms with Gasteiger partial charge >= 0.3 is 5.97 Å². The summed E-state index contributed by atoms with van der Waals surface area (Å²) in [4.78, 5) is 29.9. The molecule has 3 heterocycles. The molecule has 0 saturated carbocycles. The topological polar surface area (TPSA) is 107 Å². The number of ether oxygens (including phenoxy) is 2. The molecular formula is C22H25N3O6S3. The zero-order chi connectivity index (χ0) is 24.3. The Morgan fingerprint density at radius 1 is 1.26 bits per heavy atom. The van der Waals surface area contributed by atoms with Crippen LogP contribution in [0, 0.1) is 5.92 Å². The van der Waals surface area contributed by atoms with Crippen molar-refractivity contribution in [3.05, 3.63) is 40.5 Å². The molecule has 1 aromatic carbocycles. The number of esters is 1. The second kappa shape index (κ2) is 10.4. The van der Waals surface area contributed by atoms with E-state index in [1.54, 1.807) is 28.1 Å². The normalized spacial score (nSPS) is 17.7. The SMILES string of the molecule is CCOc1ccc2c(c1)sc(=NC(=O)C1CCCN(S(=O)(=O)c3cccs3)C1)n2CC(=O)OC. The average Bonchev–Trinajstić information content (AvgIpc) is 3.48. The summed E-state index contributed by atoms with van der Waals surface area (Å²) in [7, 11) is -2.33. The molecule has 1 atom stereocenters. The van der Waals surface area contributed by atoms with E-state index in [1.165, 1.54) is 22.8 Å². The maximum atomic E-state index is 13.1. The van der Waals surface area contributed by atoms with Gasteiger partial charge in [-0.3, -0.25) is 9.59 Å². The van der Waals surface area contributed by atoms with E-state index in [2.05, 4.69) is 4.99 Å². The van der Waals surface area contributed by atoms with E-state index in [1.807, 2.05) is 19.1 Å². The molecule has 4 rings (SSSR count). The second-order valence-electron chi connectivity index (χ2n) is 7.69. The molecule has 1 aliphatic heterocycles. The number of sulfonamides is 1. The maximum absolute atomic E-state index is 13.1. The van der Waals surface area contributed by atoms with Crippen LogP contribution in [0.25, 0.3) is 10.2 Å². The summed E-state index contributed by atoms with van der Waals surface area (Å²) in [5.74, 6) is -0.741. The summed E-state index contributed by atoms with van der Waals surface area (Å²) in [5, 5.41) is 1.72. The quantitative estimate of drug-likeness (QED) is 0.441. The van der Waals surface area contributed by atoms with Crippen LogP contribution in [0.4, 0.5) is 0 Å². The molecule has 12 heteroatoms. The highest BCUT2D eigenvalue weighted by Gasteiger charge is 2.33. The molecule has 34 heavy (non-hydrogen) atoms. The summed E-state index contributed by atoms with van der Waals surface area (Å²) in [6, 6.07) is 8.72. The number of methoxy groups -OCH3 is 1. The zero-order valence-corrected chi connectivity index (χ0v) is 21.2.